The summed E-state index contributed by atoms with van der Waals surface area (Å²) in [5.74, 6) is 2.28. The Bertz CT molecular complexity index is 582. The van der Waals surface area contributed by atoms with Crippen molar-refractivity contribution >= 4 is 5.78 Å². The largest absolute Gasteiger partial charge is 0.393 e. The Hall–Kier alpha value is -0.670. The molecule has 0 aromatic carbocycles. The van der Waals surface area contributed by atoms with Crippen LogP contribution in [0, 0.1) is 34.5 Å². The van der Waals surface area contributed by atoms with E-state index in [0.717, 1.165) is 32.1 Å². The van der Waals surface area contributed by atoms with Crippen molar-refractivity contribution in [1.82, 2.24) is 0 Å². The highest BCUT2D eigenvalue weighted by molar-refractivity contribution is 5.84. The third kappa shape index (κ3) is 2.56. The summed E-state index contributed by atoms with van der Waals surface area (Å²) in [5, 5.41) is 19.6. The van der Waals surface area contributed by atoms with Gasteiger partial charge in [-0.05, 0) is 80.0 Å². The fourth-order valence-corrected chi connectivity index (χ4v) is 7.55. The van der Waals surface area contributed by atoms with Gasteiger partial charge in [0.15, 0.2) is 0 Å². The summed E-state index contributed by atoms with van der Waals surface area (Å²) in [6.45, 7) is 4.75. The molecule has 0 aromatic rings. The highest BCUT2D eigenvalue weighted by Gasteiger charge is 2.61. The molecule has 0 unspecified atom stereocenters. The third-order valence-corrected chi connectivity index (χ3v) is 8.75. The summed E-state index contributed by atoms with van der Waals surface area (Å²) >= 11 is 0. The summed E-state index contributed by atoms with van der Waals surface area (Å²) in [4.78, 5) is 13.4. The predicted octanol–water partition coefficient (Wildman–Crippen LogP) is 3.88. The van der Waals surface area contributed by atoms with Crippen LogP contribution >= 0.6 is 0 Å². The molecular formula is C22H34O3. The Morgan fingerprint density at radius 2 is 2.00 bits per heavy atom. The lowest BCUT2D eigenvalue weighted by molar-refractivity contribution is -0.161. The van der Waals surface area contributed by atoms with Gasteiger partial charge in [0.2, 0.25) is 0 Å². The first kappa shape index (κ1) is 17.7. The minimum atomic E-state index is -0.160. The minimum absolute atomic E-state index is 0.0311. The lowest BCUT2D eigenvalue weighted by Gasteiger charge is -2.61. The number of allylic oxidation sites excluding steroid dienone is 1. The van der Waals surface area contributed by atoms with E-state index >= 15 is 0 Å². The second kappa shape index (κ2) is 6.20. The molecule has 7 atom stereocenters. The van der Waals surface area contributed by atoms with E-state index in [2.05, 4.69) is 13.8 Å². The van der Waals surface area contributed by atoms with Gasteiger partial charge in [-0.25, -0.2) is 0 Å². The zero-order valence-electron chi connectivity index (χ0n) is 15.8. The second-order valence-corrected chi connectivity index (χ2v) is 9.82. The van der Waals surface area contributed by atoms with E-state index in [0.29, 0.717) is 30.0 Å². The fourth-order valence-electron chi connectivity index (χ4n) is 7.55. The third-order valence-electron chi connectivity index (χ3n) is 8.75. The van der Waals surface area contributed by atoms with E-state index in [4.69, 9.17) is 0 Å². The number of aliphatic hydroxyl groups excluding tert-OH is 2. The van der Waals surface area contributed by atoms with Gasteiger partial charge in [-0.1, -0.05) is 25.5 Å². The van der Waals surface area contributed by atoms with Crippen LogP contribution in [0.3, 0.4) is 0 Å². The Balaban J connectivity index is 1.69. The van der Waals surface area contributed by atoms with Crippen LogP contribution in [0.2, 0.25) is 0 Å². The summed E-state index contributed by atoms with van der Waals surface area (Å²) in [7, 11) is 0. The smallest absolute Gasteiger partial charge is 0.137 e. The predicted molar refractivity (Wildman–Crippen MR) is 97.9 cm³/mol. The number of rotatable bonds is 1. The first-order chi connectivity index (χ1) is 11.9. The van der Waals surface area contributed by atoms with Crippen LogP contribution in [-0.2, 0) is 4.79 Å². The maximum atomic E-state index is 13.4. The van der Waals surface area contributed by atoms with E-state index in [1.807, 2.05) is 6.08 Å². The molecule has 0 aliphatic heterocycles. The van der Waals surface area contributed by atoms with Gasteiger partial charge in [-0.3, -0.25) is 4.79 Å². The van der Waals surface area contributed by atoms with Crippen LogP contribution in [0.1, 0.15) is 71.6 Å². The molecular weight excluding hydrogens is 312 g/mol. The zero-order chi connectivity index (χ0) is 17.8. The molecule has 0 amide bonds. The molecule has 4 fully saturated rings. The number of carbonyl (C=O) groups excluding carboxylic acids is 1. The lowest BCUT2D eigenvalue weighted by atomic mass is 9.42. The van der Waals surface area contributed by atoms with Gasteiger partial charge in [0.05, 0.1) is 12.7 Å². The molecule has 4 saturated carbocycles. The number of ketones is 1. The van der Waals surface area contributed by atoms with Gasteiger partial charge >= 0.3 is 0 Å². The van der Waals surface area contributed by atoms with Gasteiger partial charge in [0, 0.05) is 12.3 Å². The Kier molecular flexibility index (Phi) is 4.39. The SMILES string of the molecule is C[C@]12CC[C@@H](O)C[C@H]1CC[C@@H]1[C@@H]2C(=O)C[C@]2(C)C(=CCO)CCC[C@@H]12. The van der Waals surface area contributed by atoms with Crippen molar-refractivity contribution in [3.63, 3.8) is 0 Å². The zero-order valence-corrected chi connectivity index (χ0v) is 15.8. The van der Waals surface area contributed by atoms with Crippen LogP contribution in [-0.4, -0.2) is 28.7 Å². The van der Waals surface area contributed by atoms with Gasteiger partial charge in [-0.15, -0.1) is 0 Å². The van der Waals surface area contributed by atoms with Crippen molar-refractivity contribution in [3.05, 3.63) is 11.6 Å². The molecule has 4 aliphatic carbocycles. The Morgan fingerprint density at radius 3 is 2.76 bits per heavy atom. The molecule has 0 saturated heterocycles. The molecule has 25 heavy (non-hydrogen) atoms. The van der Waals surface area contributed by atoms with E-state index in [1.54, 1.807) is 0 Å². The molecule has 140 valence electrons. The maximum Gasteiger partial charge on any atom is 0.137 e. The summed E-state index contributed by atoms with van der Waals surface area (Å²) in [5.41, 5.74) is 1.40. The average molecular weight is 347 g/mol. The van der Waals surface area contributed by atoms with E-state index in [-0.39, 0.29) is 29.5 Å². The standard InChI is InChI=1S/C22H34O3/c1-21-10-8-16(24)12-15(21)6-7-17-18-5-3-4-14(9-11-23)22(18,2)13-19(25)20(17)21/h9,15-18,20,23-24H,3-8,10-13H2,1-2H3/t15-,16-,17+,18+,20-,21+,22-/m1/s1. The summed E-state index contributed by atoms with van der Waals surface area (Å²) in [6, 6.07) is 0. The van der Waals surface area contributed by atoms with Crippen molar-refractivity contribution < 1.29 is 15.0 Å². The molecule has 3 nitrogen and oxygen atoms in total. The van der Waals surface area contributed by atoms with Gasteiger partial charge in [0.25, 0.3) is 0 Å². The van der Waals surface area contributed by atoms with E-state index in [1.165, 1.54) is 24.8 Å². The number of fused-ring (bicyclic) bond motifs is 5. The molecule has 0 bridgehead atoms. The topological polar surface area (TPSA) is 57.5 Å². The quantitative estimate of drug-likeness (QED) is 0.709. The lowest BCUT2D eigenvalue weighted by Crippen LogP contribution is -2.58. The summed E-state index contributed by atoms with van der Waals surface area (Å²) in [6.07, 6.45) is 11.1. The van der Waals surface area contributed by atoms with Crippen LogP contribution < -0.4 is 0 Å². The second-order valence-electron chi connectivity index (χ2n) is 9.82. The molecule has 4 aliphatic rings. The Labute approximate surface area is 151 Å². The van der Waals surface area contributed by atoms with Crippen molar-refractivity contribution in [2.75, 3.05) is 6.61 Å². The van der Waals surface area contributed by atoms with Crippen LogP contribution in [0.4, 0.5) is 0 Å². The van der Waals surface area contributed by atoms with Crippen molar-refractivity contribution in [2.24, 2.45) is 34.5 Å². The van der Waals surface area contributed by atoms with Gasteiger partial charge in [0.1, 0.15) is 5.78 Å². The number of Topliss-reactive ketones (excluding diaryl/α,β-unsaturated/α-hetero) is 1. The molecule has 4 rings (SSSR count). The molecule has 0 heterocycles. The van der Waals surface area contributed by atoms with Gasteiger partial charge in [-0.2, -0.15) is 0 Å². The average Bonchev–Trinajstić information content (AvgIpc) is 2.56. The fraction of sp³-hybridized carbons (Fsp3) is 0.864. The molecule has 0 spiro atoms. The first-order valence-corrected chi connectivity index (χ1v) is 10.4. The number of aliphatic hydroxyl groups is 2. The first-order valence-electron chi connectivity index (χ1n) is 10.4. The number of carbonyl (C=O) groups is 1. The van der Waals surface area contributed by atoms with E-state index in [9.17, 15) is 15.0 Å². The Morgan fingerprint density at radius 1 is 1.20 bits per heavy atom. The number of hydrogen-bond donors (Lipinski definition) is 2. The minimum Gasteiger partial charge on any atom is -0.393 e. The molecule has 2 N–H and O–H groups in total. The molecule has 0 aromatic heterocycles. The van der Waals surface area contributed by atoms with Crippen molar-refractivity contribution in [3.8, 4) is 0 Å². The highest BCUT2D eigenvalue weighted by atomic mass is 16.3. The van der Waals surface area contributed by atoms with Crippen LogP contribution in [0.25, 0.3) is 0 Å². The van der Waals surface area contributed by atoms with E-state index < -0.39 is 0 Å². The van der Waals surface area contributed by atoms with Crippen LogP contribution in [0.5, 0.6) is 0 Å². The maximum absolute atomic E-state index is 13.4. The number of hydrogen-bond acceptors (Lipinski definition) is 3. The molecule has 0 radical (unpaired) electrons. The monoisotopic (exact) mass is 346 g/mol. The summed E-state index contributed by atoms with van der Waals surface area (Å²) < 4.78 is 0. The van der Waals surface area contributed by atoms with Crippen LogP contribution in [0.15, 0.2) is 11.6 Å². The highest BCUT2D eigenvalue weighted by Crippen LogP contribution is 2.65. The normalized spacial score (nSPS) is 51.6. The van der Waals surface area contributed by atoms with Gasteiger partial charge < -0.3 is 10.2 Å². The van der Waals surface area contributed by atoms with Crippen molar-refractivity contribution in [1.29, 1.82) is 0 Å². The van der Waals surface area contributed by atoms with Crippen molar-refractivity contribution in [2.45, 2.75) is 77.7 Å². The molecule has 3 heteroatoms.